The van der Waals surface area contributed by atoms with Crippen LogP contribution in [0.3, 0.4) is 0 Å². The number of aromatic hydroxyl groups is 1. The minimum atomic E-state index is -2.96. The third kappa shape index (κ3) is 3.28. The second-order valence-electron chi connectivity index (χ2n) is 3.34. The fourth-order valence-corrected chi connectivity index (χ4v) is 1.34. The van der Waals surface area contributed by atoms with Crippen molar-refractivity contribution >= 4 is 5.97 Å². The summed E-state index contributed by atoms with van der Waals surface area (Å²) in [5, 5.41) is 9.59. The van der Waals surface area contributed by atoms with Crippen LogP contribution in [0.25, 0.3) is 0 Å². The lowest BCUT2D eigenvalue weighted by Gasteiger charge is -2.10. The van der Waals surface area contributed by atoms with Crippen molar-refractivity contribution in [2.75, 3.05) is 13.7 Å². The Morgan fingerprint density at radius 2 is 2.22 bits per heavy atom. The molecule has 0 aliphatic rings. The maximum Gasteiger partial charge on any atom is 0.310 e. The molecule has 0 atom stereocenters. The fraction of sp³-hybridized carbons (Fsp3) is 0.455. The SMILES string of the molecule is CCOC(=O)Cc1cc(OC)nc(C(F)F)c1O. The first-order valence-corrected chi connectivity index (χ1v) is 5.20. The zero-order chi connectivity index (χ0) is 13.7. The zero-order valence-electron chi connectivity index (χ0n) is 9.94. The number of carbonyl (C=O) groups excluding carboxylic acids is 1. The summed E-state index contributed by atoms with van der Waals surface area (Å²) in [5.41, 5.74) is -0.816. The number of alkyl halides is 2. The van der Waals surface area contributed by atoms with E-state index in [2.05, 4.69) is 9.72 Å². The summed E-state index contributed by atoms with van der Waals surface area (Å²) < 4.78 is 34.6. The Morgan fingerprint density at radius 3 is 2.72 bits per heavy atom. The normalized spacial score (nSPS) is 10.5. The molecule has 0 spiro atoms. The minimum Gasteiger partial charge on any atom is -0.505 e. The molecular formula is C11H13F2NO4. The molecule has 0 aliphatic carbocycles. The molecule has 0 amide bonds. The van der Waals surface area contributed by atoms with Gasteiger partial charge in [-0.1, -0.05) is 0 Å². The number of halogens is 2. The molecule has 1 aromatic rings. The van der Waals surface area contributed by atoms with Gasteiger partial charge in [0.05, 0.1) is 20.1 Å². The van der Waals surface area contributed by atoms with Crippen LogP contribution in [0.15, 0.2) is 6.07 Å². The number of methoxy groups -OCH3 is 1. The van der Waals surface area contributed by atoms with Gasteiger partial charge in [-0.2, -0.15) is 0 Å². The van der Waals surface area contributed by atoms with Crippen LogP contribution in [0.4, 0.5) is 8.78 Å². The predicted molar refractivity (Wildman–Crippen MR) is 57.7 cm³/mol. The minimum absolute atomic E-state index is 0.00407. The Labute approximate surface area is 102 Å². The van der Waals surface area contributed by atoms with E-state index in [0.29, 0.717) is 0 Å². The summed E-state index contributed by atoms with van der Waals surface area (Å²) in [6, 6.07) is 1.22. The molecule has 5 nitrogen and oxygen atoms in total. The van der Waals surface area contributed by atoms with Gasteiger partial charge in [0.2, 0.25) is 5.88 Å². The van der Waals surface area contributed by atoms with E-state index in [-0.39, 0.29) is 24.5 Å². The average Bonchev–Trinajstić information content (AvgIpc) is 2.31. The molecule has 0 fully saturated rings. The average molecular weight is 261 g/mol. The Balaban J connectivity index is 3.09. The number of rotatable bonds is 5. The van der Waals surface area contributed by atoms with E-state index in [4.69, 9.17) is 4.74 Å². The summed E-state index contributed by atoms with van der Waals surface area (Å²) in [6.07, 6.45) is -3.28. The molecule has 1 rings (SSSR count). The van der Waals surface area contributed by atoms with Crippen LogP contribution in [-0.2, 0) is 16.0 Å². The summed E-state index contributed by atoms with van der Waals surface area (Å²) in [4.78, 5) is 14.7. The van der Waals surface area contributed by atoms with Crippen molar-refractivity contribution in [2.24, 2.45) is 0 Å². The highest BCUT2D eigenvalue weighted by molar-refractivity contribution is 5.73. The van der Waals surface area contributed by atoms with Crippen LogP contribution in [0.5, 0.6) is 11.6 Å². The van der Waals surface area contributed by atoms with Gasteiger partial charge in [-0.25, -0.2) is 13.8 Å². The number of carbonyl (C=O) groups is 1. The van der Waals surface area contributed by atoms with E-state index in [1.165, 1.54) is 13.2 Å². The number of hydrogen-bond acceptors (Lipinski definition) is 5. The first-order valence-electron chi connectivity index (χ1n) is 5.20. The smallest absolute Gasteiger partial charge is 0.310 e. The summed E-state index contributed by atoms with van der Waals surface area (Å²) in [5.74, 6) is -1.43. The molecule has 1 aromatic heterocycles. The highest BCUT2D eigenvalue weighted by Crippen LogP contribution is 2.32. The Hall–Kier alpha value is -1.92. The molecule has 100 valence electrons. The van der Waals surface area contributed by atoms with Gasteiger partial charge in [0, 0.05) is 11.6 Å². The van der Waals surface area contributed by atoms with Gasteiger partial charge in [-0.15, -0.1) is 0 Å². The second kappa shape index (κ2) is 6.13. The van der Waals surface area contributed by atoms with Gasteiger partial charge in [-0.05, 0) is 6.92 Å². The topological polar surface area (TPSA) is 68.7 Å². The quantitative estimate of drug-likeness (QED) is 0.819. The molecule has 1 N–H and O–H groups in total. The summed E-state index contributed by atoms with van der Waals surface area (Å²) in [6.45, 7) is 1.79. The van der Waals surface area contributed by atoms with Gasteiger partial charge >= 0.3 is 5.97 Å². The van der Waals surface area contributed by atoms with Gasteiger partial charge in [0.25, 0.3) is 6.43 Å². The molecular weight excluding hydrogens is 248 g/mol. The first kappa shape index (κ1) is 14.1. The first-order chi connectivity index (χ1) is 8.49. The van der Waals surface area contributed by atoms with E-state index in [9.17, 15) is 18.7 Å². The molecule has 0 aliphatic heterocycles. The lowest BCUT2D eigenvalue weighted by atomic mass is 10.1. The van der Waals surface area contributed by atoms with Crippen LogP contribution in [0.2, 0.25) is 0 Å². The maximum absolute atomic E-state index is 12.6. The van der Waals surface area contributed by atoms with Gasteiger partial charge in [0.15, 0.2) is 5.69 Å². The second-order valence-corrected chi connectivity index (χ2v) is 3.34. The standard InChI is InChI=1S/C11H13F2NO4/c1-3-18-8(15)5-6-4-7(17-2)14-9(10(6)16)11(12)13/h4,11,16H,3,5H2,1-2H3. The van der Waals surface area contributed by atoms with E-state index in [1.807, 2.05) is 0 Å². The number of pyridine rings is 1. The van der Waals surface area contributed by atoms with Gasteiger partial charge in [0.1, 0.15) is 5.75 Å². The van der Waals surface area contributed by atoms with Crippen molar-refractivity contribution in [2.45, 2.75) is 19.8 Å². The molecule has 0 saturated carbocycles. The lowest BCUT2D eigenvalue weighted by molar-refractivity contribution is -0.142. The zero-order valence-corrected chi connectivity index (χ0v) is 9.94. The highest BCUT2D eigenvalue weighted by atomic mass is 19.3. The van der Waals surface area contributed by atoms with Gasteiger partial charge in [-0.3, -0.25) is 4.79 Å². The number of aromatic nitrogens is 1. The van der Waals surface area contributed by atoms with Crippen molar-refractivity contribution in [1.82, 2.24) is 4.98 Å². The molecule has 0 aromatic carbocycles. The summed E-state index contributed by atoms with van der Waals surface area (Å²) in [7, 11) is 1.25. The Bertz CT molecular complexity index is 437. The van der Waals surface area contributed by atoms with Crippen LogP contribution >= 0.6 is 0 Å². The van der Waals surface area contributed by atoms with E-state index >= 15 is 0 Å². The van der Waals surface area contributed by atoms with Crippen LogP contribution in [0.1, 0.15) is 24.6 Å². The maximum atomic E-state index is 12.6. The van der Waals surface area contributed by atoms with Crippen molar-refractivity contribution in [3.8, 4) is 11.6 Å². The highest BCUT2D eigenvalue weighted by Gasteiger charge is 2.21. The van der Waals surface area contributed by atoms with E-state index in [1.54, 1.807) is 6.92 Å². The predicted octanol–water partition coefficient (Wildman–Crippen LogP) is 1.84. The third-order valence-electron chi connectivity index (χ3n) is 2.13. The van der Waals surface area contributed by atoms with Crippen molar-refractivity contribution in [3.63, 3.8) is 0 Å². The number of esters is 1. The van der Waals surface area contributed by atoms with Crippen LogP contribution in [-0.4, -0.2) is 29.8 Å². The fourth-order valence-electron chi connectivity index (χ4n) is 1.34. The molecule has 18 heavy (non-hydrogen) atoms. The molecule has 0 radical (unpaired) electrons. The van der Waals surface area contributed by atoms with Crippen molar-refractivity contribution < 1.29 is 28.2 Å². The van der Waals surface area contributed by atoms with E-state index in [0.717, 1.165) is 0 Å². The number of hydrogen-bond donors (Lipinski definition) is 1. The third-order valence-corrected chi connectivity index (χ3v) is 2.13. The summed E-state index contributed by atoms with van der Waals surface area (Å²) >= 11 is 0. The van der Waals surface area contributed by atoms with E-state index < -0.39 is 23.8 Å². The largest absolute Gasteiger partial charge is 0.505 e. The molecule has 0 saturated heterocycles. The molecule has 0 bridgehead atoms. The van der Waals surface area contributed by atoms with Crippen molar-refractivity contribution in [3.05, 3.63) is 17.3 Å². The van der Waals surface area contributed by atoms with Crippen LogP contribution < -0.4 is 4.74 Å². The monoisotopic (exact) mass is 261 g/mol. The number of nitrogens with zero attached hydrogens (tertiary/aromatic N) is 1. The Kier molecular flexibility index (Phi) is 4.82. The van der Waals surface area contributed by atoms with Crippen molar-refractivity contribution in [1.29, 1.82) is 0 Å². The molecule has 1 heterocycles. The van der Waals surface area contributed by atoms with Crippen LogP contribution in [0, 0.1) is 0 Å². The lowest BCUT2D eigenvalue weighted by Crippen LogP contribution is -2.09. The molecule has 0 unspecified atom stereocenters. The van der Waals surface area contributed by atoms with Gasteiger partial charge < -0.3 is 14.6 Å². The number of ether oxygens (including phenoxy) is 2. The Morgan fingerprint density at radius 1 is 1.56 bits per heavy atom. The molecule has 7 heteroatoms.